The summed E-state index contributed by atoms with van der Waals surface area (Å²) in [5.74, 6) is 0. The highest BCUT2D eigenvalue weighted by atomic mass is 35.5. The highest BCUT2D eigenvalue weighted by Crippen LogP contribution is 2.40. The molecule has 0 saturated carbocycles. The SMILES string of the molecule is Clc1ccc(C2=NN(c3nc(-c4ccccc4)cs3)C(c3ccc4ccccc4c3)C2)cc1. The lowest BCUT2D eigenvalue weighted by Crippen LogP contribution is -2.18. The van der Waals surface area contributed by atoms with Crippen molar-refractivity contribution in [1.82, 2.24) is 4.98 Å². The number of anilines is 1. The van der Waals surface area contributed by atoms with E-state index in [-0.39, 0.29) is 6.04 Å². The van der Waals surface area contributed by atoms with Gasteiger partial charge in [0.1, 0.15) is 0 Å². The normalized spacial score (nSPS) is 15.7. The van der Waals surface area contributed by atoms with E-state index in [9.17, 15) is 0 Å². The molecule has 3 nitrogen and oxygen atoms in total. The third-order valence-electron chi connectivity index (χ3n) is 6.00. The van der Waals surface area contributed by atoms with E-state index in [1.165, 1.54) is 16.3 Å². The fraction of sp³-hybridized carbons (Fsp3) is 0.0714. The maximum absolute atomic E-state index is 6.13. The molecule has 1 atom stereocenters. The summed E-state index contributed by atoms with van der Waals surface area (Å²) >= 11 is 7.76. The van der Waals surface area contributed by atoms with Crippen molar-refractivity contribution in [2.45, 2.75) is 12.5 Å². The predicted molar refractivity (Wildman–Crippen MR) is 139 cm³/mol. The largest absolute Gasteiger partial charge is 0.231 e. The second-order valence-electron chi connectivity index (χ2n) is 8.11. The van der Waals surface area contributed by atoms with Crippen LogP contribution in [0.5, 0.6) is 0 Å². The van der Waals surface area contributed by atoms with E-state index in [1.54, 1.807) is 11.3 Å². The molecule has 0 fully saturated rings. The molecule has 0 aliphatic carbocycles. The fourth-order valence-electron chi connectivity index (χ4n) is 4.29. The molecular formula is C28H20ClN3S. The van der Waals surface area contributed by atoms with Gasteiger partial charge in [0, 0.05) is 22.4 Å². The molecule has 1 unspecified atom stereocenters. The summed E-state index contributed by atoms with van der Waals surface area (Å²) in [7, 11) is 0. The minimum atomic E-state index is 0.0788. The molecule has 0 N–H and O–H groups in total. The molecule has 160 valence electrons. The van der Waals surface area contributed by atoms with Crippen LogP contribution in [0.4, 0.5) is 5.13 Å². The highest BCUT2D eigenvalue weighted by molar-refractivity contribution is 7.14. The number of rotatable bonds is 4. The van der Waals surface area contributed by atoms with E-state index in [0.717, 1.165) is 39.1 Å². The van der Waals surface area contributed by atoms with Crippen LogP contribution in [0.1, 0.15) is 23.6 Å². The molecule has 2 heterocycles. The second-order valence-corrected chi connectivity index (χ2v) is 9.38. The lowest BCUT2D eigenvalue weighted by atomic mass is 9.96. The van der Waals surface area contributed by atoms with Crippen LogP contribution in [0.25, 0.3) is 22.0 Å². The Kier molecular flexibility index (Phi) is 5.17. The molecule has 4 aromatic carbocycles. The third kappa shape index (κ3) is 3.92. The topological polar surface area (TPSA) is 28.5 Å². The zero-order valence-corrected chi connectivity index (χ0v) is 19.3. The molecule has 1 aliphatic rings. The molecule has 0 amide bonds. The fourth-order valence-corrected chi connectivity index (χ4v) is 5.25. The predicted octanol–water partition coefficient (Wildman–Crippen LogP) is 7.97. The van der Waals surface area contributed by atoms with Crippen molar-refractivity contribution in [1.29, 1.82) is 0 Å². The van der Waals surface area contributed by atoms with Crippen LogP contribution in [0.3, 0.4) is 0 Å². The van der Waals surface area contributed by atoms with Gasteiger partial charge in [0.25, 0.3) is 0 Å². The first-order valence-electron chi connectivity index (χ1n) is 10.9. The number of fused-ring (bicyclic) bond motifs is 1. The molecule has 0 spiro atoms. The maximum atomic E-state index is 6.13. The van der Waals surface area contributed by atoms with E-state index in [4.69, 9.17) is 21.7 Å². The van der Waals surface area contributed by atoms with Crippen molar-refractivity contribution < 1.29 is 0 Å². The van der Waals surface area contributed by atoms with E-state index < -0.39 is 0 Å². The maximum Gasteiger partial charge on any atom is 0.207 e. The molecule has 6 rings (SSSR count). The van der Waals surface area contributed by atoms with Crippen LogP contribution < -0.4 is 5.01 Å². The van der Waals surface area contributed by atoms with Gasteiger partial charge in [0.15, 0.2) is 0 Å². The first-order chi connectivity index (χ1) is 16.2. The van der Waals surface area contributed by atoms with Crippen molar-refractivity contribution in [2.24, 2.45) is 5.10 Å². The van der Waals surface area contributed by atoms with Crippen LogP contribution >= 0.6 is 22.9 Å². The van der Waals surface area contributed by atoms with Gasteiger partial charge in [-0.3, -0.25) is 0 Å². The molecule has 1 aliphatic heterocycles. The average molecular weight is 466 g/mol. The van der Waals surface area contributed by atoms with Gasteiger partial charge in [-0.1, -0.05) is 90.5 Å². The minimum Gasteiger partial charge on any atom is -0.231 e. The quantitative estimate of drug-likeness (QED) is 0.269. The van der Waals surface area contributed by atoms with Crippen LogP contribution in [0, 0.1) is 0 Å². The molecular weight excluding hydrogens is 446 g/mol. The Hall–Kier alpha value is -3.47. The number of halogens is 1. The number of aromatic nitrogens is 1. The van der Waals surface area contributed by atoms with E-state index in [1.807, 2.05) is 42.5 Å². The van der Waals surface area contributed by atoms with Gasteiger partial charge in [0.05, 0.1) is 17.4 Å². The molecule has 5 aromatic rings. The Morgan fingerprint density at radius 1 is 0.788 bits per heavy atom. The summed E-state index contributed by atoms with van der Waals surface area (Å²) < 4.78 is 0. The summed E-state index contributed by atoms with van der Waals surface area (Å²) in [5, 5.41) is 13.4. The molecule has 33 heavy (non-hydrogen) atoms. The average Bonchev–Trinajstić information content (AvgIpc) is 3.53. The Bertz CT molecular complexity index is 1460. The smallest absolute Gasteiger partial charge is 0.207 e. The molecule has 0 bridgehead atoms. The Balaban J connectivity index is 1.42. The van der Waals surface area contributed by atoms with Crippen molar-refractivity contribution >= 4 is 44.6 Å². The van der Waals surface area contributed by atoms with Gasteiger partial charge < -0.3 is 0 Å². The number of hydrazone groups is 1. The summed E-state index contributed by atoms with van der Waals surface area (Å²) in [6.07, 6.45) is 0.806. The van der Waals surface area contributed by atoms with Crippen LogP contribution in [0.2, 0.25) is 5.02 Å². The van der Waals surface area contributed by atoms with Gasteiger partial charge in [-0.2, -0.15) is 5.10 Å². The minimum absolute atomic E-state index is 0.0788. The third-order valence-corrected chi connectivity index (χ3v) is 7.09. The highest BCUT2D eigenvalue weighted by Gasteiger charge is 2.32. The summed E-state index contributed by atoms with van der Waals surface area (Å²) in [5.41, 5.74) is 5.46. The van der Waals surface area contributed by atoms with Crippen LogP contribution in [-0.4, -0.2) is 10.7 Å². The summed E-state index contributed by atoms with van der Waals surface area (Å²) in [6, 6.07) is 33.4. The lowest BCUT2D eigenvalue weighted by Gasteiger charge is -2.21. The zero-order valence-electron chi connectivity index (χ0n) is 17.7. The van der Waals surface area contributed by atoms with Crippen molar-refractivity contribution in [3.05, 3.63) is 119 Å². The first kappa shape index (κ1) is 20.2. The molecule has 5 heteroatoms. The van der Waals surface area contributed by atoms with Crippen LogP contribution in [-0.2, 0) is 0 Å². The zero-order chi connectivity index (χ0) is 22.2. The van der Waals surface area contributed by atoms with Crippen LogP contribution in [0.15, 0.2) is 108 Å². The number of thiazole rings is 1. The van der Waals surface area contributed by atoms with Gasteiger partial charge in [-0.25, -0.2) is 9.99 Å². The van der Waals surface area contributed by atoms with Gasteiger partial charge in [0.2, 0.25) is 5.13 Å². The molecule has 0 radical (unpaired) electrons. The monoisotopic (exact) mass is 465 g/mol. The number of hydrogen-bond donors (Lipinski definition) is 0. The number of nitrogens with zero attached hydrogens (tertiary/aromatic N) is 3. The van der Waals surface area contributed by atoms with Crippen molar-refractivity contribution in [3.8, 4) is 11.3 Å². The standard InChI is InChI=1S/C28H20ClN3S/c29-24-14-12-21(13-15-24)25-17-27(23-11-10-19-6-4-5-9-22(19)16-23)32(31-25)28-30-26(18-33-28)20-7-2-1-3-8-20/h1-16,18,27H,17H2. The van der Waals surface area contributed by atoms with E-state index in [0.29, 0.717) is 0 Å². The van der Waals surface area contributed by atoms with E-state index in [2.05, 4.69) is 65.0 Å². The molecule has 1 aromatic heterocycles. The van der Waals surface area contributed by atoms with Crippen molar-refractivity contribution in [2.75, 3.05) is 5.01 Å². The molecule has 0 saturated heterocycles. The van der Waals surface area contributed by atoms with Gasteiger partial charge >= 0.3 is 0 Å². The lowest BCUT2D eigenvalue weighted by molar-refractivity contribution is 0.707. The summed E-state index contributed by atoms with van der Waals surface area (Å²) in [4.78, 5) is 4.96. The number of hydrogen-bond acceptors (Lipinski definition) is 4. The van der Waals surface area contributed by atoms with Gasteiger partial charge in [-0.15, -0.1) is 11.3 Å². The summed E-state index contributed by atoms with van der Waals surface area (Å²) in [6.45, 7) is 0. The Morgan fingerprint density at radius 3 is 2.36 bits per heavy atom. The van der Waals surface area contributed by atoms with Gasteiger partial charge in [-0.05, 0) is 40.1 Å². The first-order valence-corrected chi connectivity index (χ1v) is 12.1. The second kappa shape index (κ2) is 8.47. The van der Waals surface area contributed by atoms with Crippen molar-refractivity contribution in [3.63, 3.8) is 0 Å². The van der Waals surface area contributed by atoms with E-state index >= 15 is 0 Å². The Labute approximate surface area is 201 Å². The number of benzene rings is 4. The Morgan fingerprint density at radius 2 is 1.55 bits per heavy atom.